The molecule has 0 aliphatic carbocycles. The largest absolute Gasteiger partial charge is 0.444 e. The van der Waals surface area contributed by atoms with Crippen molar-refractivity contribution in [3.05, 3.63) is 65.9 Å². The van der Waals surface area contributed by atoms with Crippen molar-refractivity contribution >= 4 is 32.7 Å². The van der Waals surface area contributed by atoms with Crippen LogP contribution < -0.4 is 4.90 Å². The summed E-state index contributed by atoms with van der Waals surface area (Å²) in [5.74, 6) is 0. The second-order valence-corrected chi connectivity index (χ2v) is 9.94. The van der Waals surface area contributed by atoms with Crippen LogP contribution >= 0.6 is 0 Å². The first-order chi connectivity index (χ1) is 14.9. The summed E-state index contributed by atoms with van der Waals surface area (Å²) in [5, 5.41) is 0.793. The SMILES string of the molecule is Cc1cccc2c1N(C1CCN(S(=O)(=O)c3ccc4ncccc4c3)CC1)C(=O)OC2. The molecule has 0 saturated carbocycles. The molecule has 8 heteroatoms. The molecule has 0 spiro atoms. The number of rotatable bonds is 3. The number of ether oxygens (including phenoxy) is 1. The molecular weight excluding hydrogens is 414 g/mol. The number of sulfonamides is 1. The lowest BCUT2D eigenvalue weighted by Crippen LogP contribution is -2.50. The van der Waals surface area contributed by atoms with Crippen LogP contribution in [0.1, 0.15) is 24.0 Å². The predicted octanol–water partition coefficient (Wildman–Crippen LogP) is 3.85. The number of carbonyl (C=O) groups excluding carboxylic acids is 1. The number of hydrogen-bond acceptors (Lipinski definition) is 5. The minimum atomic E-state index is -3.62. The van der Waals surface area contributed by atoms with E-state index >= 15 is 0 Å². The lowest BCUT2D eigenvalue weighted by molar-refractivity contribution is 0.135. The van der Waals surface area contributed by atoms with E-state index in [1.807, 2.05) is 31.2 Å². The third kappa shape index (κ3) is 3.45. The first-order valence-electron chi connectivity index (χ1n) is 10.3. The Labute approximate surface area is 181 Å². The number of aromatic nitrogens is 1. The zero-order valence-electron chi connectivity index (χ0n) is 17.2. The van der Waals surface area contributed by atoms with Gasteiger partial charge in [-0.2, -0.15) is 4.31 Å². The van der Waals surface area contributed by atoms with Gasteiger partial charge in [-0.15, -0.1) is 0 Å². The number of benzene rings is 2. The first-order valence-corrected chi connectivity index (χ1v) is 11.8. The number of carbonyl (C=O) groups is 1. The maximum absolute atomic E-state index is 13.2. The molecule has 7 nitrogen and oxygen atoms in total. The lowest BCUT2D eigenvalue weighted by Gasteiger charge is -2.40. The smallest absolute Gasteiger partial charge is 0.414 e. The molecular formula is C23H23N3O4S. The highest BCUT2D eigenvalue weighted by Crippen LogP contribution is 2.35. The molecule has 31 heavy (non-hydrogen) atoms. The summed E-state index contributed by atoms with van der Waals surface area (Å²) in [6.45, 7) is 2.96. The number of fused-ring (bicyclic) bond motifs is 2. The average molecular weight is 438 g/mol. The minimum absolute atomic E-state index is 0.0973. The van der Waals surface area contributed by atoms with Crippen molar-refractivity contribution in [1.82, 2.24) is 9.29 Å². The molecule has 0 radical (unpaired) electrons. The quantitative estimate of drug-likeness (QED) is 0.622. The highest BCUT2D eigenvalue weighted by Gasteiger charge is 2.37. The van der Waals surface area contributed by atoms with E-state index in [2.05, 4.69) is 4.98 Å². The van der Waals surface area contributed by atoms with Crippen LogP contribution in [0.2, 0.25) is 0 Å². The third-order valence-corrected chi connectivity index (χ3v) is 8.01. The van der Waals surface area contributed by atoms with Crippen molar-refractivity contribution in [3.63, 3.8) is 0 Å². The van der Waals surface area contributed by atoms with Crippen molar-refractivity contribution in [2.75, 3.05) is 18.0 Å². The predicted molar refractivity (Wildman–Crippen MR) is 117 cm³/mol. The van der Waals surface area contributed by atoms with E-state index < -0.39 is 10.0 Å². The van der Waals surface area contributed by atoms with Crippen molar-refractivity contribution in [1.29, 1.82) is 0 Å². The Morgan fingerprint density at radius 1 is 1.06 bits per heavy atom. The van der Waals surface area contributed by atoms with Crippen LogP contribution in [0, 0.1) is 6.92 Å². The van der Waals surface area contributed by atoms with Crippen LogP contribution in [-0.2, 0) is 21.4 Å². The molecule has 1 amide bonds. The van der Waals surface area contributed by atoms with Gasteiger partial charge in [-0.3, -0.25) is 9.88 Å². The van der Waals surface area contributed by atoms with Gasteiger partial charge in [0.15, 0.2) is 0 Å². The van der Waals surface area contributed by atoms with Gasteiger partial charge >= 0.3 is 6.09 Å². The highest BCUT2D eigenvalue weighted by atomic mass is 32.2. The minimum Gasteiger partial charge on any atom is -0.444 e. The Hall–Kier alpha value is -2.97. The van der Waals surface area contributed by atoms with E-state index in [-0.39, 0.29) is 23.6 Å². The molecule has 1 aromatic heterocycles. The van der Waals surface area contributed by atoms with Gasteiger partial charge in [0.2, 0.25) is 10.0 Å². The van der Waals surface area contributed by atoms with Crippen LogP contribution in [0.25, 0.3) is 10.9 Å². The highest BCUT2D eigenvalue weighted by molar-refractivity contribution is 7.89. The normalized spacial score (nSPS) is 18.1. The standard InChI is InChI=1S/C23H23N3O4S/c1-16-4-2-5-18-15-30-23(27)26(22(16)18)19-9-12-25(13-10-19)31(28,29)20-7-8-21-17(14-20)6-3-11-24-21/h2-8,11,14,19H,9-10,12-13,15H2,1H3. The molecule has 5 rings (SSSR count). The van der Waals surface area contributed by atoms with E-state index in [0.29, 0.717) is 25.9 Å². The molecule has 3 heterocycles. The Bertz CT molecular complexity index is 1270. The topological polar surface area (TPSA) is 79.8 Å². The fourth-order valence-corrected chi connectivity index (χ4v) is 6.02. The zero-order valence-corrected chi connectivity index (χ0v) is 18.0. The van der Waals surface area contributed by atoms with Crippen molar-refractivity contribution in [2.45, 2.75) is 37.3 Å². The van der Waals surface area contributed by atoms with Gasteiger partial charge in [0.25, 0.3) is 0 Å². The molecule has 1 saturated heterocycles. The maximum atomic E-state index is 13.2. The Morgan fingerprint density at radius 2 is 1.87 bits per heavy atom. The molecule has 0 N–H and O–H groups in total. The van der Waals surface area contributed by atoms with Crippen LogP contribution in [0.5, 0.6) is 0 Å². The molecule has 2 aromatic carbocycles. The fraction of sp³-hybridized carbons (Fsp3) is 0.304. The van der Waals surface area contributed by atoms with Gasteiger partial charge < -0.3 is 4.74 Å². The fourth-order valence-electron chi connectivity index (χ4n) is 4.52. The summed E-state index contributed by atoms with van der Waals surface area (Å²) in [6, 6.07) is 14.5. The van der Waals surface area contributed by atoms with E-state index in [0.717, 1.165) is 27.7 Å². The molecule has 160 valence electrons. The average Bonchev–Trinajstić information content (AvgIpc) is 2.79. The molecule has 0 unspecified atom stereocenters. The zero-order chi connectivity index (χ0) is 21.6. The lowest BCUT2D eigenvalue weighted by atomic mass is 10.00. The van der Waals surface area contributed by atoms with Crippen molar-refractivity contribution in [2.24, 2.45) is 0 Å². The second kappa shape index (κ2) is 7.62. The molecule has 0 bridgehead atoms. The number of pyridine rings is 1. The summed E-state index contributed by atoms with van der Waals surface area (Å²) >= 11 is 0. The number of para-hydroxylation sites is 1. The van der Waals surface area contributed by atoms with Crippen LogP contribution in [0.15, 0.2) is 59.6 Å². The molecule has 0 atom stereocenters. The molecule has 3 aromatic rings. The van der Waals surface area contributed by atoms with Gasteiger partial charge in [0.05, 0.1) is 16.1 Å². The number of anilines is 1. The summed E-state index contributed by atoms with van der Waals surface area (Å²) in [4.78, 5) is 18.8. The van der Waals surface area contributed by atoms with Crippen LogP contribution in [-0.4, -0.2) is 42.9 Å². The number of cyclic esters (lactones) is 1. The second-order valence-electron chi connectivity index (χ2n) is 8.00. The van der Waals surface area contributed by atoms with Crippen molar-refractivity contribution < 1.29 is 17.9 Å². The third-order valence-electron chi connectivity index (χ3n) is 6.11. The summed E-state index contributed by atoms with van der Waals surface area (Å²) in [5.41, 5.74) is 3.67. The molecule has 1 fully saturated rings. The van der Waals surface area contributed by atoms with E-state index in [4.69, 9.17) is 4.74 Å². The Morgan fingerprint density at radius 3 is 2.68 bits per heavy atom. The van der Waals surface area contributed by atoms with Crippen molar-refractivity contribution in [3.8, 4) is 0 Å². The van der Waals surface area contributed by atoms with Gasteiger partial charge in [0, 0.05) is 36.3 Å². The Kier molecular flexibility index (Phi) is 4.91. The van der Waals surface area contributed by atoms with Gasteiger partial charge in [0.1, 0.15) is 6.61 Å². The number of amides is 1. The maximum Gasteiger partial charge on any atom is 0.414 e. The number of nitrogens with zero attached hydrogens (tertiary/aromatic N) is 3. The monoisotopic (exact) mass is 437 g/mol. The summed E-state index contributed by atoms with van der Waals surface area (Å²) in [7, 11) is -3.62. The van der Waals surface area contributed by atoms with E-state index in [9.17, 15) is 13.2 Å². The van der Waals surface area contributed by atoms with Crippen LogP contribution in [0.3, 0.4) is 0 Å². The first kappa shape index (κ1) is 20.0. The van der Waals surface area contributed by atoms with Gasteiger partial charge in [-0.05, 0) is 49.6 Å². The van der Waals surface area contributed by atoms with E-state index in [1.54, 1.807) is 35.4 Å². The molecule has 2 aliphatic rings. The van der Waals surface area contributed by atoms with E-state index in [1.165, 1.54) is 4.31 Å². The van der Waals surface area contributed by atoms with Crippen LogP contribution in [0.4, 0.5) is 10.5 Å². The Balaban J connectivity index is 1.37. The molecule has 2 aliphatic heterocycles. The number of piperidine rings is 1. The summed E-state index contributed by atoms with van der Waals surface area (Å²) in [6.07, 6.45) is 2.44. The summed E-state index contributed by atoms with van der Waals surface area (Å²) < 4.78 is 33.3. The number of hydrogen-bond donors (Lipinski definition) is 0. The van der Waals surface area contributed by atoms with Gasteiger partial charge in [-0.25, -0.2) is 13.2 Å². The van der Waals surface area contributed by atoms with Gasteiger partial charge in [-0.1, -0.05) is 24.3 Å². The number of aryl methyl sites for hydroxylation is 1.